The summed E-state index contributed by atoms with van der Waals surface area (Å²) in [7, 11) is -2.38. The number of hydrogen-bond donors (Lipinski definition) is 0. The number of ether oxygens (including phenoxy) is 1. The molecule has 0 fully saturated rings. The van der Waals surface area contributed by atoms with Crippen molar-refractivity contribution in [2.45, 2.75) is 10.8 Å². The second-order valence-corrected chi connectivity index (χ2v) is 8.24. The highest BCUT2D eigenvalue weighted by Crippen LogP contribution is 2.34. The predicted octanol–water partition coefficient (Wildman–Crippen LogP) is 4.29. The molecule has 0 bridgehead atoms. The normalized spacial score (nSPS) is 11.3. The van der Waals surface area contributed by atoms with Crippen LogP contribution in [0.3, 0.4) is 0 Å². The number of methoxy groups -OCH3 is 1. The molecule has 2 aromatic carbocycles. The number of hydrogen-bond acceptors (Lipinski definition) is 4. The Kier molecular flexibility index (Phi) is 5.06. The summed E-state index contributed by atoms with van der Waals surface area (Å²) in [5, 5.41) is 1.69. The summed E-state index contributed by atoms with van der Waals surface area (Å²) < 4.78 is 47.1. The molecule has 3 rings (SSSR count). The van der Waals surface area contributed by atoms with Crippen molar-refractivity contribution in [1.29, 1.82) is 0 Å². The van der Waals surface area contributed by atoms with Gasteiger partial charge in [0.15, 0.2) is 0 Å². The Balaban J connectivity index is 2.14. The van der Waals surface area contributed by atoms with Crippen molar-refractivity contribution < 1.29 is 17.5 Å². The van der Waals surface area contributed by atoms with Gasteiger partial charge >= 0.3 is 0 Å². The van der Waals surface area contributed by atoms with Crippen LogP contribution < -0.4 is 9.04 Å². The Bertz CT molecular complexity index is 956. The molecule has 0 N–H and O–H groups in total. The average molecular weight is 377 g/mol. The van der Waals surface area contributed by atoms with E-state index in [1.165, 1.54) is 23.5 Å². The smallest absolute Gasteiger partial charge is 0.274 e. The van der Waals surface area contributed by atoms with Crippen LogP contribution in [0.4, 0.5) is 10.1 Å². The first-order valence-corrected chi connectivity index (χ1v) is 9.78. The third kappa shape index (κ3) is 3.52. The lowest BCUT2D eigenvalue weighted by Crippen LogP contribution is -2.30. The van der Waals surface area contributed by atoms with Gasteiger partial charge in [-0.25, -0.2) is 12.8 Å². The number of benzene rings is 2. The summed E-state index contributed by atoms with van der Waals surface area (Å²) in [4.78, 5) is 0. The van der Waals surface area contributed by atoms with Crippen molar-refractivity contribution in [3.63, 3.8) is 0 Å². The van der Waals surface area contributed by atoms with Crippen LogP contribution in [-0.4, -0.2) is 15.5 Å². The maximum absolute atomic E-state index is 14.1. The molecule has 0 aliphatic rings. The minimum absolute atomic E-state index is 0.132. The summed E-state index contributed by atoms with van der Waals surface area (Å²) in [5.41, 5.74) is 0.648. The monoisotopic (exact) mass is 377 g/mol. The van der Waals surface area contributed by atoms with Crippen molar-refractivity contribution in [3.05, 3.63) is 77.4 Å². The zero-order valence-electron chi connectivity index (χ0n) is 13.4. The fourth-order valence-corrected chi connectivity index (χ4v) is 4.99. The van der Waals surface area contributed by atoms with Crippen LogP contribution in [-0.2, 0) is 16.6 Å². The minimum atomic E-state index is -3.85. The molecular weight excluding hydrogens is 361 g/mol. The molecule has 25 heavy (non-hydrogen) atoms. The molecule has 0 unspecified atom stereocenters. The summed E-state index contributed by atoms with van der Waals surface area (Å²) in [6, 6.07) is 16.1. The fourth-order valence-electron chi connectivity index (χ4n) is 2.44. The zero-order chi connectivity index (χ0) is 17.9. The van der Waals surface area contributed by atoms with Crippen LogP contribution in [0.5, 0.6) is 5.75 Å². The number of sulfonamides is 1. The van der Waals surface area contributed by atoms with Crippen LogP contribution in [0.2, 0.25) is 0 Å². The highest BCUT2D eigenvalue weighted by atomic mass is 32.2. The number of para-hydroxylation sites is 2. The van der Waals surface area contributed by atoms with E-state index in [9.17, 15) is 12.8 Å². The van der Waals surface area contributed by atoms with Gasteiger partial charge in [-0.2, -0.15) is 0 Å². The number of thiophene rings is 1. The number of nitrogens with zero attached hydrogens (tertiary/aromatic N) is 1. The maximum Gasteiger partial charge on any atom is 0.274 e. The molecule has 0 spiro atoms. The standard InChI is InChI=1S/C18H16FNO3S2/c1-23-17-10-5-4-9-16(17)20(13-14-7-2-3-8-15(14)19)25(21,22)18-11-6-12-24-18/h2-12H,13H2,1H3. The Morgan fingerprint density at radius 1 is 1.04 bits per heavy atom. The van der Waals surface area contributed by atoms with Gasteiger partial charge in [0.1, 0.15) is 15.8 Å². The molecule has 7 heteroatoms. The van der Waals surface area contributed by atoms with Crippen molar-refractivity contribution >= 4 is 27.0 Å². The average Bonchev–Trinajstić information content (AvgIpc) is 3.16. The lowest BCUT2D eigenvalue weighted by atomic mass is 10.2. The quantitative estimate of drug-likeness (QED) is 0.644. The highest BCUT2D eigenvalue weighted by Gasteiger charge is 2.29. The van der Waals surface area contributed by atoms with Crippen molar-refractivity contribution in [1.82, 2.24) is 0 Å². The molecule has 0 saturated heterocycles. The molecule has 0 aliphatic carbocycles. The van der Waals surface area contributed by atoms with Gasteiger partial charge in [-0.15, -0.1) is 11.3 Å². The number of halogens is 1. The van der Waals surface area contributed by atoms with Gasteiger partial charge in [0.2, 0.25) is 0 Å². The molecule has 3 aromatic rings. The van der Waals surface area contributed by atoms with Crippen molar-refractivity contribution in [2.24, 2.45) is 0 Å². The van der Waals surface area contributed by atoms with Crippen LogP contribution in [0, 0.1) is 5.82 Å². The van der Waals surface area contributed by atoms with E-state index in [0.717, 1.165) is 11.3 Å². The van der Waals surface area contributed by atoms with Gasteiger partial charge < -0.3 is 4.74 Å². The van der Waals surface area contributed by atoms with Gasteiger partial charge in [-0.1, -0.05) is 36.4 Å². The summed E-state index contributed by atoms with van der Waals surface area (Å²) >= 11 is 1.12. The Hall–Kier alpha value is -2.38. The van der Waals surface area contributed by atoms with Gasteiger partial charge in [0, 0.05) is 5.56 Å². The van der Waals surface area contributed by atoms with Gasteiger partial charge in [-0.3, -0.25) is 4.31 Å². The Morgan fingerprint density at radius 2 is 1.76 bits per heavy atom. The van der Waals surface area contributed by atoms with Crippen LogP contribution in [0.1, 0.15) is 5.56 Å². The van der Waals surface area contributed by atoms with Gasteiger partial charge in [0.25, 0.3) is 10.0 Å². The molecule has 4 nitrogen and oxygen atoms in total. The minimum Gasteiger partial charge on any atom is -0.495 e. The van der Waals surface area contributed by atoms with Gasteiger partial charge in [0.05, 0.1) is 19.3 Å². The van der Waals surface area contributed by atoms with E-state index < -0.39 is 15.8 Å². The summed E-state index contributed by atoms with van der Waals surface area (Å²) in [5.74, 6) is -0.0530. The molecule has 0 amide bonds. The molecule has 0 atom stereocenters. The number of rotatable bonds is 6. The lowest BCUT2D eigenvalue weighted by Gasteiger charge is -2.25. The Labute approximate surface area is 150 Å². The van der Waals surface area contributed by atoms with E-state index >= 15 is 0 Å². The first-order chi connectivity index (χ1) is 12.0. The first-order valence-electron chi connectivity index (χ1n) is 7.46. The van der Waals surface area contributed by atoms with Gasteiger partial charge in [-0.05, 0) is 29.6 Å². The van der Waals surface area contributed by atoms with Crippen molar-refractivity contribution in [3.8, 4) is 5.75 Å². The number of anilines is 1. The largest absolute Gasteiger partial charge is 0.495 e. The third-order valence-electron chi connectivity index (χ3n) is 3.67. The second kappa shape index (κ2) is 7.25. The lowest BCUT2D eigenvalue weighted by molar-refractivity contribution is 0.415. The van der Waals surface area contributed by atoms with Crippen LogP contribution in [0.25, 0.3) is 0 Å². The van der Waals surface area contributed by atoms with E-state index in [4.69, 9.17) is 4.74 Å². The predicted molar refractivity (Wildman–Crippen MR) is 97.1 cm³/mol. The first kappa shape index (κ1) is 17.4. The molecule has 1 aromatic heterocycles. The molecule has 1 heterocycles. The van der Waals surface area contributed by atoms with Crippen LogP contribution >= 0.6 is 11.3 Å². The Morgan fingerprint density at radius 3 is 2.44 bits per heavy atom. The summed E-state index contributed by atoms with van der Waals surface area (Å²) in [6.07, 6.45) is 0. The SMILES string of the molecule is COc1ccccc1N(Cc1ccccc1F)S(=O)(=O)c1cccs1. The second-order valence-electron chi connectivity index (χ2n) is 5.21. The van der Waals surface area contributed by atoms with E-state index in [0.29, 0.717) is 11.4 Å². The molecule has 0 radical (unpaired) electrons. The van der Waals surface area contributed by atoms with E-state index in [-0.39, 0.29) is 16.3 Å². The van der Waals surface area contributed by atoms with Crippen LogP contribution in [0.15, 0.2) is 70.3 Å². The zero-order valence-corrected chi connectivity index (χ0v) is 15.1. The van der Waals surface area contributed by atoms with E-state index in [1.807, 2.05) is 0 Å². The molecular formula is C18H16FNO3S2. The van der Waals surface area contributed by atoms with Crippen molar-refractivity contribution in [2.75, 3.05) is 11.4 Å². The third-order valence-corrected chi connectivity index (χ3v) is 6.80. The topological polar surface area (TPSA) is 46.6 Å². The van der Waals surface area contributed by atoms with E-state index in [2.05, 4.69) is 0 Å². The molecule has 130 valence electrons. The molecule has 0 aliphatic heterocycles. The fraction of sp³-hybridized carbons (Fsp3) is 0.111. The highest BCUT2D eigenvalue weighted by molar-refractivity contribution is 7.94. The van der Waals surface area contributed by atoms with E-state index in [1.54, 1.807) is 53.9 Å². The summed E-state index contributed by atoms with van der Waals surface area (Å²) in [6.45, 7) is -0.132. The molecule has 0 saturated carbocycles. The maximum atomic E-state index is 14.1.